The molecule has 3 nitrogen and oxygen atoms in total. The molecule has 1 amide bonds. The molecule has 0 saturated heterocycles. The summed E-state index contributed by atoms with van der Waals surface area (Å²) in [6, 6.07) is 0. The zero-order valence-corrected chi connectivity index (χ0v) is 5.60. The Bertz CT molecular complexity index is 223. The minimum absolute atomic E-state index is 0.393. The predicted octanol–water partition coefficient (Wildman–Crippen LogP) is 0.456. The average Bonchev–Trinajstić information content (AvgIpc) is 1.87. The van der Waals surface area contributed by atoms with E-state index in [1.54, 1.807) is 6.92 Å². The van der Waals surface area contributed by atoms with E-state index in [9.17, 15) is 4.79 Å². The number of primary amides is 1. The zero-order chi connectivity index (χ0) is 7.82. The minimum atomic E-state index is -0.892. The van der Waals surface area contributed by atoms with Crippen LogP contribution in [0.2, 0.25) is 0 Å². The standard InChI is InChI=1S/C7H7NO2/c1-2-3-4-5-6-10-7(8)9/h4H2,1H3,(H2,8,9). The van der Waals surface area contributed by atoms with Gasteiger partial charge in [-0.1, -0.05) is 5.92 Å². The van der Waals surface area contributed by atoms with E-state index in [1.165, 1.54) is 0 Å². The third-order valence-corrected chi connectivity index (χ3v) is 0.577. The van der Waals surface area contributed by atoms with Crippen LogP contribution in [0.4, 0.5) is 4.79 Å². The first-order valence-electron chi connectivity index (χ1n) is 2.61. The Labute approximate surface area is 59.5 Å². The van der Waals surface area contributed by atoms with E-state index >= 15 is 0 Å². The van der Waals surface area contributed by atoms with E-state index in [-0.39, 0.29) is 0 Å². The summed E-state index contributed by atoms with van der Waals surface area (Å²) in [6.07, 6.45) is 1.59. The van der Waals surface area contributed by atoms with Crippen LogP contribution >= 0.6 is 0 Å². The Hall–Kier alpha value is -1.61. The number of hydrogen-bond donors (Lipinski definition) is 1. The van der Waals surface area contributed by atoms with E-state index in [2.05, 4.69) is 34.3 Å². The molecule has 0 bridgehead atoms. The maximum Gasteiger partial charge on any atom is 0.418 e. The zero-order valence-electron chi connectivity index (χ0n) is 5.60. The predicted molar refractivity (Wildman–Crippen MR) is 36.5 cm³/mol. The number of amides is 1. The van der Waals surface area contributed by atoms with Gasteiger partial charge in [-0.3, -0.25) is 0 Å². The van der Waals surface area contributed by atoms with Crippen LogP contribution in [0.25, 0.3) is 0 Å². The summed E-state index contributed by atoms with van der Waals surface area (Å²) in [5.41, 5.74) is 4.61. The Kier molecular flexibility index (Phi) is 4.64. The second kappa shape index (κ2) is 5.53. The first kappa shape index (κ1) is 8.39. The lowest BCUT2D eigenvalue weighted by atomic mass is 10.4. The summed E-state index contributed by atoms with van der Waals surface area (Å²) in [7, 11) is 0. The molecule has 0 aromatic rings. The molecule has 52 valence electrons. The van der Waals surface area contributed by atoms with E-state index in [4.69, 9.17) is 0 Å². The summed E-state index contributed by atoms with van der Waals surface area (Å²) >= 11 is 0. The summed E-state index contributed by atoms with van der Waals surface area (Å²) in [5.74, 6) is 7.77. The molecule has 0 fully saturated rings. The Balaban J connectivity index is 3.47. The monoisotopic (exact) mass is 137 g/mol. The SMILES string of the molecule is CC#CCC#COC(N)=O. The number of ether oxygens (including phenoxy) is 1. The molecule has 0 aliphatic rings. The van der Waals surface area contributed by atoms with Gasteiger partial charge >= 0.3 is 6.09 Å². The largest absolute Gasteiger partial charge is 0.418 e. The van der Waals surface area contributed by atoms with Crippen LogP contribution in [-0.2, 0) is 4.74 Å². The lowest BCUT2D eigenvalue weighted by Gasteiger charge is -1.81. The number of carbonyl (C=O) groups excluding carboxylic acids is 1. The van der Waals surface area contributed by atoms with Crippen molar-refractivity contribution in [2.75, 3.05) is 0 Å². The van der Waals surface area contributed by atoms with Crippen molar-refractivity contribution in [2.45, 2.75) is 13.3 Å². The van der Waals surface area contributed by atoms with Gasteiger partial charge in [-0.15, -0.1) is 5.92 Å². The summed E-state index contributed by atoms with van der Waals surface area (Å²) in [5, 5.41) is 0. The fraction of sp³-hybridized carbons (Fsp3) is 0.286. The Morgan fingerprint density at radius 1 is 1.60 bits per heavy atom. The van der Waals surface area contributed by atoms with E-state index in [0.717, 1.165) is 0 Å². The van der Waals surface area contributed by atoms with Crippen LogP contribution in [0.3, 0.4) is 0 Å². The van der Waals surface area contributed by atoms with Crippen LogP contribution in [-0.4, -0.2) is 6.09 Å². The van der Waals surface area contributed by atoms with Crippen molar-refractivity contribution in [1.82, 2.24) is 0 Å². The highest BCUT2D eigenvalue weighted by atomic mass is 16.5. The third kappa shape index (κ3) is 6.39. The van der Waals surface area contributed by atoms with Crippen molar-refractivity contribution >= 4 is 6.09 Å². The molecule has 0 rings (SSSR count). The molecule has 0 aromatic heterocycles. The smallest absolute Gasteiger partial charge is 0.356 e. The first-order chi connectivity index (χ1) is 4.77. The fourth-order valence-electron chi connectivity index (χ4n) is 0.255. The molecule has 0 heterocycles. The maximum atomic E-state index is 9.89. The van der Waals surface area contributed by atoms with E-state index in [1.807, 2.05) is 0 Å². The van der Waals surface area contributed by atoms with Gasteiger partial charge in [-0.2, -0.15) is 0 Å². The molecule has 3 heteroatoms. The molecule has 0 unspecified atom stereocenters. The first-order valence-corrected chi connectivity index (χ1v) is 2.61. The highest BCUT2D eigenvalue weighted by molar-refractivity contribution is 5.65. The molecule has 0 aromatic carbocycles. The van der Waals surface area contributed by atoms with Crippen LogP contribution < -0.4 is 5.73 Å². The highest BCUT2D eigenvalue weighted by Gasteiger charge is 1.82. The van der Waals surface area contributed by atoms with Gasteiger partial charge in [0.15, 0.2) is 0 Å². The Morgan fingerprint density at radius 2 is 2.30 bits per heavy atom. The van der Waals surface area contributed by atoms with Crippen molar-refractivity contribution in [3.8, 4) is 23.9 Å². The molecule has 2 N–H and O–H groups in total. The van der Waals surface area contributed by atoms with Gasteiger partial charge in [0.25, 0.3) is 0 Å². The van der Waals surface area contributed by atoms with Crippen molar-refractivity contribution in [3.63, 3.8) is 0 Å². The van der Waals surface area contributed by atoms with Crippen LogP contribution in [0.5, 0.6) is 0 Å². The second-order valence-electron chi connectivity index (χ2n) is 1.30. The average molecular weight is 137 g/mol. The van der Waals surface area contributed by atoms with Crippen molar-refractivity contribution < 1.29 is 9.53 Å². The normalized spacial score (nSPS) is 6.10. The van der Waals surface area contributed by atoms with Gasteiger partial charge in [-0.25, -0.2) is 4.79 Å². The summed E-state index contributed by atoms with van der Waals surface area (Å²) < 4.78 is 4.10. The Morgan fingerprint density at radius 3 is 2.80 bits per heavy atom. The lowest BCUT2D eigenvalue weighted by Crippen LogP contribution is -2.08. The van der Waals surface area contributed by atoms with Gasteiger partial charge in [0, 0.05) is 0 Å². The van der Waals surface area contributed by atoms with E-state index in [0.29, 0.717) is 6.42 Å². The summed E-state index contributed by atoms with van der Waals surface area (Å²) in [6.45, 7) is 1.70. The molecule has 0 radical (unpaired) electrons. The molecular formula is C7H7NO2. The fourth-order valence-corrected chi connectivity index (χ4v) is 0.255. The third-order valence-electron chi connectivity index (χ3n) is 0.577. The number of carbonyl (C=O) groups is 1. The van der Waals surface area contributed by atoms with Gasteiger partial charge < -0.3 is 10.5 Å². The van der Waals surface area contributed by atoms with Crippen LogP contribution in [0, 0.1) is 23.9 Å². The summed E-state index contributed by atoms with van der Waals surface area (Å²) in [4.78, 5) is 9.89. The van der Waals surface area contributed by atoms with Crippen LogP contribution in [0.1, 0.15) is 13.3 Å². The quantitative estimate of drug-likeness (QED) is 0.493. The number of rotatable bonds is 0. The molecule has 0 spiro atoms. The van der Waals surface area contributed by atoms with Gasteiger partial charge in [-0.05, 0) is 12.8 Å². The van der Waals surface area contributed by atoms with Gasteiger partial charge in [0.2, 0.25) is 0 Å². The highest BCUT2D eigenvalue weighted by Crippen LogP contribution is 1.71. The molecule has 10 heavy (non-hydrogen) atoms. The van der Waals surface area contributed by atoms with E-state index < -0.39 is 6.09 Å². The molecule has 0 atom stereocenters. The minimum Gasteiger partial charge on any atom is -0.356 e. The molecule has 0 aliphatic carbocycles. The molecular weight excluding hydrogens is 130 g/mol. The van der Waals surface area contributed by atoms with Gasteiger partial charge in [0.1, 0.15) is 6.11 Å². The van der Waals surface area contributed by atoms with Crippen LogP contribution in [0.15, 0.2) is 0 Å². The second-order valence-corrected chi connectivity index (χ2v) is 1.30. The molecule has 0 aliphatic heterocycles. The van der Waals surface area contributed by atoms with Crippen molar-refractivity contribution in [1.29, 1.82) is 0 Å². The molecule has 0 saturated carbocycles. The van der Waals surface area contributed by atoms with Crippen molar-refractivity contribution in [3.05, 3.63) is 0 Å². The maximum absolute atomic E-state index is 9.89. The van der Waals surface area contributed by atoms with Crippen molar-refractivity contribution in [2.24, 2.45) is 5.73 Å². The van der Waals surface area contributed by atoms with Gasteiger partial charge in [0.05, 0.1) is 6.42 Å². The number of nitrogens with two attached hydrogens (primary N) is 1. The lowest BCUT2D eigenvalue weighted by molar-refractivity contribution is 0.202. The topological polar surface area (TPSA) is 52.3 Å². The number of hydrogen-bond acceptors (Lipinski definition) is 2.